The molecule has 98 valence electrons. The van der Waals surface area contributed by atoms with Gasteiger partial charge in [-0.2, -0.15) is 0 Å². The lowest BCUT2D eigenvalue weighted by molar-refractivity contribution is 0.270. The van der Waals surface area contributed by atoms with Crippen molar-refractivity contribution in [2.24, 2.45) is 5.92 Å². The number of allylic oxidation sites excluding steroid dienone is 5. The Balaban J connectivity index is 1.86. The highest BCUT2D eigenvalue weighted by Gasteiger charge is 2.35. The normalized spacial score (nSPS) is 24.6. The van der Waals surface area contributed by atoms with Gasteiger partial charge in [0.15, 0.2) is 0 Å². The van der Waals surface area contributed by atoms with Gasteiger partial charge in [-0.3, -0.25) is 0 Å². The Hall–Kier alpha value is -2.28. The molecule has 0 fully saturated rings. The molecule has 3 aliphatic carbocycles. The molecule has 3 aliphatic rings. The lowest BCUT2D eigenvalue weighted by atomic mass is 9.66. The van der Waals surface area contributed by atoms with Crippen molar-refractivity contribution in [3.8, 4) is 0 Å². The molecule has 0 amide bonds. The lowest BCUT2D eigenvalue weighted by Crippen LogP contribution is -2.25. The van der Waals surface area contributed by atoms with E-state index in [0.717, 1.165) is 0 Å². The van der Waals surface area contributed by atoms with Gasteiger partial charge in [-0.05, 0) is 27.8 Å². The quantitative estimate of drug-likeness (QED) is 0.729. The molecule has 4 rings (SSSR count). The molecule has 2 unspecified atom stereocenters. The van der Waals surface area contributed by atoms with E-state index in [0.29, 0.717) is 18.4 Å². The summed E-state index contributed by atoms with van der Waals surface area (Å²) in [6.45, 7) is 4.26. The largest absolute Gasteiger partial charge is 0.497 e. The van der Waals surface area contributed by atoms with Crippen LogP contribution in [-0.2, 0) is 4.74 Å². The number of benzene rings is 1. The average molecular weight is 260 g/mol. The van der Waals surface area contributed by atoms with Crippen molar-refractivity contribution in [2.75, 3.05) is 6.61 Å². The van der Waals surface area contributed by atoms with Crippen molar-refractivity contribution >= 4 is 12.2 Å². The van der Waals surface area contributed by atoms with E-state index in [2.05, 4.69) is 61.2 Å². The molecule has 1 heteroatoms. The summed E-state index contributed by atoms with van der Waals surface area (Å²) in [6, 6.07) is 6.55. The van der Waals surface area contributed by atoms with Crippen molar-refractivity contribution in [3.05, 3.63) is 83.2 Å². The Morgan fingerprint density at radius 2 is 1.95 bits per heavy atom. The van der Waals surface area contributed by atoms with E-state index in [1.165, 1.54) is 34.1 Å². The van der Waals surface area contributed by atoms with E-state index in [9.17, 15) is 0 Å². The predicted octanol–water partition coefficient (Wildman–Crippen LogP) is 4.47. The minimum absolute atomic E-state index is 0.411. The zero-order valence-electron chi connectivity index (χ0n) is 11.3. The van der Waals surface area contributed by atoms with Crippen LogP contribution in [0.5, 0.6) is 0 Å². The van der Waals surface area contributed by atoms with Crippen LogP contribution in [0.25, 0.3) is 12.2 Å². The van der Waals surface area contributed by atoms with Gasteiger partial charge in [0.1, 0.15) is 6.61 Å². The maximum Gasteiger partial charge on any atom is 0.109 e. The van der Waals surface area contributed by atoms with Crippen LogP contribution < -0.4 is 0 Å². The van der Waals surface area contributed by atoms with Gasteiger partial charge in [0.2, 0.25) is 0 Å². The minimum Gasteiger partial charge on any atom is -0.497 e. The molecule has 1 aromatic carbocycles. The van der Waals surface area contributed by atoms with Gasteiger partial charge >= 0.3 is 0 Å². The Bertz CT molecular complexity index is 700. The van der Waals surface area contributed by atoms with Crippen LogP contribution >= 0.6 is 0 Å². The molecule has 0 bridgehead atoms. The standard InChI is InChI=1S/C19H16O/c1-2-20-12-16-9-8-15-7-6-13-4-3-5-14-10-11-17(16)19(15)18(13)14/h2-11,17,19H,1,12H2. The maximum atomic E-state index is 5.41. The van der Waals surface area contributed by atoms with E-state index in [4.69, 9.17) is 4.74 Å². The van der Waals surface area contributed by atoms with Gasteiger partial charge in [-0.25, -0.2) is 0 Å². The predicted molar refractivity (Wildman–Crippen MR) is 83.1 cm³/mol. The van der Waals surface area contributed by atoms with Gasteiger partial charge < -0.3 is 4.74 Å². The summed E-state index contributed by atoms with van der Waals surface area (Å²) >= 11 is 0. The van der Waals surface area contributed by atoms with E-state index in [-0.39, 0.29) is 0 Å². The SMILES string of the molecule is C=COCC1=CC=C2C=Cc3cccc4c3C2C1C=C4. The summed E-state index contributed by atoms with van der Waals surface area (Å²) in [5, 5.41) is 0. The number of hydrogen-bond donors (Lipinski definition) is 0. The second-order valence-electron chi connectivity index (χ2n) is 5.43. The van der Waals surface area contributed by atoms with Crippen LogP contribution in [0.3, 0.4) is 0 Å². The number of ether oxygens (including phenoxy) is 1. The first-order valence-electron chi connectivity index (χ1n) is 7.01. The molecule has 0 heterocycles. The monoisotopic (exact) mass is 260 g/mol. The molecule has 20 heavy (non-hydrogen) atoms. The van der Waals surface area contributed by atoms with Crippen LogP contribution in [0.15, 0.2) is 66.5 Å². The Morgan fingerprint density at radius 3 is 2.80 bits per heavy atom. The molecule has 2 atom stereocenters. The second kappa shape index (κ2) is 4.38. The van der Waals surface area contributed by atoms with Gasteiger partial charge in [-0.1, -0.05) is 61.2 Å². The molecule has 0 spiro atoms. The summed E-state index contributed by atoms with van der Waals surface area (Å²) in [5.74, 6) is 0.859. The lowest BCUT2D eigenvalue weighted by Gasteiger charge is -2.37. The van der Waals surface area contributed by atoms with Crippen LogP contribution in [0.2, 0.25) is 0 Å². The van der Waals surface area contributed by atoms with Gasteiger partial charge in [-0.15, -0.1) is 0 Å². The highest BCUT2D eigenvalue weighted by molar-refractivity contribution is 5.75. The van der Waals surface area contributed by atoms with Gasteiger partial charge in [0.05, 0.1) is 6.26 Å². The van der Waals surface area contributed by atoms with E-state index in [1.54, 1.807) is 0 Å². The summed E-state index contributed by atoms with van der Waals surface area (Å²) in [4.78, 5) is 0. The maximum absolute atomic E-state index is 5.41. The third-order valence-corrected chi connectivity index (χ3v) is 4.43. The van der Waals surface area contributed by atoms with Crippen LogP contribution in [-0.4, -0.2) is 6.61 Å². The first-order valence-corrected chi connectivity index (χ1v) is 7.01. The zero-order chi connectivity index (χ0) is 13.5. The van der Waals surface area contributed by atoms with Crippen molar-refractivity contribution in [1.82, 2.24) is 0 Å². The van der Waals surface area contributed by atoms with Gasteiger partial charge in [0, 0.05) is 11.8 Å². The van der Waals surface area contributed by atoms with Crippen molar-refractivity contribution in [1.29, 1.82) is 0 Å². The average Bonchev–Trinajstić information content (AvgIpc) is 2.51. The number of hydrogen-bond acceptors (Lipinski definition) is 1. The third-order valence-electron chi connectivity index (χ3n) is 4.43. The van der Waals surface area contributed by atoms with Crippen LogP contribution in [0.1, 0.15) is 22.6 Å². The highest BCUT2D eigenvalue weighted by Crippen LogP contribution is 2.48. The van der Waals surface area contributed by atoms with Crippen molar-refractivity contribution in [2.45, 2.75) is 5.92 Å². The number of rotatable bonds is 3. The topological polar surface area (TPSA) is 9.23 Å². The minimum atomic E-state index is 0.411. The van der Waals surface area contributed by atoms with Crippen molar-refractivity contribution < 1.29 is 4.74 Å². The molecule has 0 saturated heterocycles. The zero-order valence-corrected chi connectivity index (χ0v) is 11.3. The summed E-state index contributed by atoms with van der Waals surface area (Å²) in [7, 11) is 0. The van der Waals surface area contributed by atoms with Crippen LogP contribution in [0.4, 0.5) is 0 Å². The fourth-order valence-electron chi connectivity index (χ4n) is 3.52. The summed E-state index contributed by atoms with van der Waals surface area (Å²) in [5.41, 5.74) is 6.90. The fourth-order valence-corrected chi connectivity index (χ4v) is 3.52. The van der Waals surface area contributed by atoms with E-state index >= 15 is 0 Å². The molecule has 0 saturated carbocycles. The van der Waals surface area contributed by atoms with Crippen molar-refractivity contribution in [3.63, 3.8) is 0 Å². The third kappa shape index (κ3) is 1.56. The molecule has 0 aliphatic heterocycles. The highest BCUT2D eigenvalue weighted by atomic mass is 16.5. The summed E-state index contributed by atoms with van der Waals surface area (Å²) in [6.07, 6.45) is 15.0. The van der Waals surface area contributed by atoms with E-state index < -0.39 is 0 Å². The van der Waals surface area contributed by atoms with E-state index in [1.807, 2.05) is 0 Å². The molecule has 0 radical (unpaired) electrons. The Labute approximate surface area is 119 Å². The Morgan fingerprint density at radius 1 is 1.10 bits per heavy atom. The molecular weight excluding hydrogens is 244 g/mol. The second-order valence-corrected chi connectivity index (χ2v) is 5.43. The smallest absolute Gasteiger partial charge is 0.109 e. The van der Waals surface area contributed by atoms with Gasteiger partial charge in [0.25, 0.3) is 0 Å². The first-order chi connectivity index (χ1) is 9.88. The fraction of sp³-hybridized carbons (Fsp3) is 0.158. The molecule has 1 aromatic rings. The molecular formula is C19H16O. The summed E-state index contributed by atoms with van der Waals surface area (Å²) < 4.78 is 5.41. The first kappa shape index (κ1) is 11.5. The molecule has 0 N–H and O–H groups in total. The molecule has 0 aromatic heterocycles. The Kier molecular flexibility index (Phi) is 2.53. The molecule has 1 nitrogen and oxygen atoms in total. The van der Waals surface area contributed by atoms with Crippen LogP contribution in [0, 0.1) is 5.92 Å².